The Morgan fingerprint density at radius 1 is 1.39 bits per heavy atom. The molecule has 1 aromatic rings. The molecule has 2 nitrogen and oxygen atoms in total. The molecule has 2 unspecified atom stereocenters. The molecule has 0 saturated heterocycles. The Bertz CT molecular complexity index is 405. The molecule has 1 aliphatic carbocycles. The first-order valence-electron chi connectivity index (χ1n) is 6.80. The number of anilines is 1. The molecular weight excluding hydrogens is 227 g/mol. The van der Waals surface area contributed by atoms with Gasteiger partial charge in [-0.25, -0.2) is 4.39 Å². The molecule has 2 rings (SSSR count). The molecule has 1 aliphatic rings. The predicted octanol–water partition coefficient (Wildman–Crippen LogP) is 3.42. The van der Waals surface area contributed by atoms with E-state index in [9.17, 15) is 4.39 Å². The minimum absolute atomic E-state index is 0.229. The van der Waals surface area contributed by atoms with Gasteiger partial charge in [0.1, 0.15) is 5.82 Å². The van der Waals surface area contributed by atoms with E-state index in [1.54, 1.807) is 12.1 Å². The van der Waals surface area contributed by atoms with Gasteiger partial charge in [-0.2, -0.15) is 0 Å². The van der Waals surface area contributed by atoms with Crippen LogP contribution in [0.3, 0.4) is 0 Å². The average molecular weight is 250 g/mol. The van der Waals surface area contributed by atoms with Crippen molar-refractivity contribution in [3.05, 3.63) is 29.6 Å². The number of nitrogen functional groups attached to an aromatic ring is 1. The van der Waals surface area contributed by atoms with E-state index in [4.69, 9.17) is 5.73 Å². The summed E-state index contributed by atoms with van der Waals surface area (Å²) >= 11 is 0. The Balaban J connectivity index is 1.97. The van der Waals surface area contributed by atoms with Crippen molar-refractivity contribution in [2.75, 3.05) is 12.8 Å². The summed E-state index contributed by atoms with van der Waals surface area (Å²) in [6.45, 7) is 3.12. The van der Waals surface area contributed by atoms with E-state index in [1.165, 1.54) is 25.7 Å². The number of rotatable bonds is 3. The molecule has 3 heteroatoms. The lowest BCUT2D eigenvalue weighted by Crippen LogP contribution is -2.35. The van der Waals surface area contributed by atoms with Crippen molar-refractivity contribution in [2.24, 2.45) is 5.92 Å². The van der Waals surface area contributed by atoms with Crippen molar-refractivity contribution in [3.8, 4) is 0 Å². The molecule has 0 bridgehead atoms. The highest BCUT2D eigenvalue weighted by atomic mass is 19.1. The fraction of sp³-hybridized carbons (Fsp3) is 0.600. The van der Waals surface area contributed by atoms with E-state index in [0.717, 1.165) is 18.0 Å². The van der Waals surface area contributed by atoms with E-state index >= 15 is 0 Å². The summed E-state index contributed by atoms with van der Waals surface area (Å²) in [6.07, 6.45) is 5.18. The van der Waals surface area contributed by atoms with Gasteiger partial charge in [0.2, 0.25) is 0 Å². The van der Waals surface area contributed by atoms with Gasteiger partial charge in [-0.3, -0.25) is 4.90 Å². The molecule has 18 heavy (non-hydrogen) atoms. The zero-order valence-corrected chi connectivity index (χ0v) is 11.3. The van der Waals surface area contributed by atoms with Gasteiger partial charge < -0.3 is 5.73 Å². The molecule has 0 heterocycles. The van der Waals surface area contributed by atoms with E-state index < -0.39 is 0 Å². The van der Waals surface area contributed by atoms with E-state index in [1.807, 2.05) is 6.07 Å². The van der Waals surface area contributed by atoms with Crippen LogP contribution < -0.4 is 5.73 Å². The van der Waals surface area contributed by atoms with Crippen LogP contribution in [0.25, 0.3) is 0 Å². The lowest BCUT2D eigenvalue weighted by Gasteiger charge is -2.34. The van der Waals surface area contributed by atoms with Crippen molar-refractivity contribution in [1.82, 2.24) is 4.90 Å². The monoisotopic (exact) mass is 250 g/mol. The maximum Gasteiger partial charge on any atom is 0.146 e. The second-order valence-electron chi connectivity index (χ2n) is 5.70. The van der Waals surface area contributed by atoms with Crippen molar-refractivity contribution >= 4 is 5.69 Å². The number of halogens is 1. The quantitative estimate of drug-likeness (QED) is 0.833. The molecule has 100 valence electrons. The summed E-state index contributed by atoms with van der Waals surface area (Å²) in [5, 5.41) is 0. The molecule has 1 fully saturated rings. The second-order valence-corrected chi connectivity index (χ2v) is 5.70. The Labute approximate surface area is 109 Å². The average Bonchev–Trinajstić information content (AvgIpc) is 2.34. The summed E-state index contributed by atoms with van der Waals surface area (Å²) in [5.74, 6) is 0.507. The molecule has 1 aromatic carbocycles. The summed E-state index contributed by atoms with van der Waals surface area (Å²) in [4.78, 5) is 2.35. The minimum Gasteiger partial charge on any atom is -0.396 e. The SMILES string of the molecule is CC1CCCC(N(C)Cc2ccc(N)c(F)c2)C1. The normalized spacial score (nSPS) is 24.4. The highest BCUT2D eigenvalue weighted by molar-refractivity contribution is 5.41. The number of nitrogens with zero attached hydrogens (tertiary/aromatic N) is 1. The zero-order valence-electron chi connectivity index (χ0n) is 11.3. The summed E-state index contributed by atoms with van der Waals surface area (Å²) < 4.78 is 13.4. The highest BCUT2D eigenvalue weighted by Gasteiger charge is 2.22. The minimum atomic E-state index is -0.307. The molecule has 0 amide bonds. The first-order chi connectivity index (χ1) is 8.56. The zero-order chi connectivity index (χ0) is 13.1. The van der Waals surface area contributed by atoms with Crippen LogP contribution in [-0.2, 0) is 6.54 Å². The van der Waals surface area contributed by atoms with Crippen molar-refractivity contribution in [2.45, 2.75) is 45.2 Å². The van der Waals surface area contributed by atoms with Gasteiger partial charge in [-0.15, -0.1) is 0 Å². The summed E-state index contributed by atoms with van der Waals surface area (Å²) in [7, 11) is 2.14. The van der Waals surface area contributed by atoms with Gasteiger partial charge in [0, 0.05) is 12.6 Å². The fourth-order valence-corrected chi connectivity index (χ4v) is 2.89. The van der Waals surface area contributed by atoms with Gasteiger partial charge in [0.25, 0.3) is 0 Å². The van der Waals surface area contributed by atoms with Gasteiger partial charge in [-0.1, -0.05) is 25.8 Å². The molecule has 1 saturated carbocycles. The van der Waals surface area contributed by atoms with Gasteiger partial charge in [0.15, 0.2) is 0 Å². The van der Waals surface area contributed by atoms with Crippen LogP contribution in [0.5, 0.6) is 0 Å². The Morgan fingerprint density at radius 2 is 2.17 bits per heavy atom. The Kier molecular flexibility index (Phi) is 4.23. The molecule has 0 radical (unpaired) electrons. The van der Waals surface area contributed by atoms with Crippen LogP contribution in [0.1, 0.15) is 38.2 Å². The highest BCUT2D eigenvalue weighted by Crippen LogP contribution is 2.27. The molecule has 2 atom stereocenters. The third-order valence-electron chi connectivity index (χ3n) is 4.03. The maximum atomic E-state index is 13.4. The van der Waals surface area contributed by atoms with Gasteiger partial charge in [0.05, 0.1) is 5.69 Å². The summed E-state index contributed by atoms with van der Waals surface area (Å²) in [6, 6.07) is 5.76. The Hall–Kier alpha value is -1.09. The Morgan fingerprint density at radius 3 is 2.83 bits per heavy atom. The van der Waals surface area contributed by atoms with Crippen LogP contribution in [0.15, 0.2) is 18.2 Å². The maximum absolute atomic E-state index is 13.4. The topological polar surface area (TPSA) is 29.3 Å². The standard InChI is InChI=1S/C15H23FN2/c1-11-4-3-5-13(8-11)18(2)10-12-6-7-15(17)14(16)9-12/h6-7,9,11,13H,3-5,8,10,17H2,1-2H3. The van der Waals surface area contributed by atoms with E-state index in [-0.39, 0.29) is 11.5 Å². The second kappa shape index (κ2) is 5.70. The molecule has 0 aliphatic heterocycles. The number of nitrogens with two attached hydrogens (primary N) is 1. The third-order valence-corrected chi connectivity index (χ3v) is 4.03. The number of benzene rings is 1. The number of hydrogen-bond donors (Lipinski definition) is 1. The predicted molar refractivity (Wildman–Crippen MR) is 73.7 cm³/mol. The lowest BCUT2D eigenvalue weighted by atomic mass is 9.86. The van der Waals surface area contributed by atoms with Gasteiger partial charge >= 0.3 is 0 Å². The molecule has 0 aromatic heterocycles. The van der Waals surface area contributed by atoms with Crippen LogP contribution in [-0.4, -0.2) is 18.0 Å². The lowest BCUT2D eigenvalue weighted by molar-refractivity contribution is 0.157. The molecule has 2 N–H and O–H groups in total. The van der Waals surface area contributed by atoms with Crippen molar-refractivity contribution in [1.29, 1.82) is 0 Å². The fourth-order valence-electron chi connectivity index (χ4n) is 2.89. The van der Waals surface area contributed by atoms with E-state index in [0.29, 0.717) is 6.04 Å². The van der Waals surface area contributed by atoms with Crippen LogP contribution in [0.4, 0.5) is 10.1 Å². The first kappa shape index (κ1) is 13.3. The van der Waals surface area contributed by atoms with Gasteiger partial charge in [-0.05, 0) is 43.5 Å². The van der Waals surface area contributed by atoms with Crippen LogP contribution in [0.2, 0.25) is 0 Å². The number of hydrogen-bond acceptors (Lipinski definition) is 2. The van der Waals surface area contributed by atoms with Crippen molar-refractivity contribution in [3.63, 3.8) is 0 Å². The first-order valence-corrected chi connectivity index (χ1v) is 6.80. The largest absolute Gasteiger partial charge is 0.396 e. The summed E-state index contributed by atoms with van der Waals surface area (Å²) in [5.41, 5.74) is 6.72. The van der Waals surface area contributed by atoms with Crippen LogP contribution in [0, 0.1) is 11.7 Å². The molecule has 0 spiro atoms. The molecular formula is C15H23FN2. The smallest absolute Gasteiger partial charge is 0.146 e. The third kappa shape index (κ3) is 3.22. The van der Waals surface area contributed by atoms with E-state index in [2.05, 4.69) is 18.9 Å². The van der Waals surface area contributed by atoms with Crippen molar-refractivity contribution < 1.29 is 4.39 Å². The van der Waals surface area contributed by atoms with Crippen LogP contribution >= 0.6 is 0 Å².